The maximum Gasteiger partial charge on any atom is 0.239 e. The summed E-state index contributed by atoms with van der Waals surface area (Å²) in [5.41, 5.74) is 1.03. The van der Waals surface area contributed by atoms with Crippen molar-refractivity contribution >= 4 is 35.7 Å². The summed E-state index contributed by atoms with van der Waals surface area (Å²) in [6.45, 7) is 4.45. The van der Waals surface area contributed by atoms with E-state index in [9.17, 15) is 4.79 Å². The molecule has 0 spiro atoms. The van der Waals surface area contributed by atoms with Crippen molar-refractivity contribution in [2.45, 2.75) is 13.0 Å². The van der Waals surface area contributed by atoms with Gasteiger partial charge in [-0.2, -0.15) is 0 Å². The fourth-order valence-corrected chi connectivity index (χ4v) is 3.04. The van der Waals surface area contributed by atoms with Crippen LogP contribution in [0.1, 0.15) is 17.4 Å². The molecule has 1 unspecified atom stereocenters. The number of carbonyl (C=O) groups excluding carboxylic acids is 1. The number of hydrogen-bond donors (Lipinski definition) is 2. The molecule has 0 radical (unpaired) electrons. The first-order valence-corrected chi connectivity index (χ1v) is 7.93. The van der Waals surface area contributed by atoms with Gasteiger partial charge in [0.25, 0.3) is 0 Å². The van der Waals surface area contributed by atoms with E-state index in [-0.39, 0.29) is 30.9 Å². The van der Waals surface area contributed by atoms with Gasteiger partial charge in [-0.05, 0) is 18.6 Å². The van der Waals surface area contributed by atoms with Crippen molar-refractivity contribution in [1.82, 2.24) is 15.4 Å². The van der Waals surface area contributed by atoms with Gasteiger partial charge in [-0.1, -0.05) is 35.0 Å². The molecule has 8 heteroatoms. The highest BCUT2D eigenvalue weighted by molar-refractivity contribution is 6.31. The molecule has 1 saturated heterocycles. The zero-order valence-corrected chi connectivity index (χ0v) is 14.9. The molecule has 6 nitrogen and oxygen atoms in total. The number of nitrogens with zero attached hydrogens (tertiary/aromatic N) is 2. The van der Waals surface area contributed by atoms with Gasteiger partial charge in [-0.25, -0.2) is 0 Å². The van der Waals surface area contributed by atoms with Crippen LogP contribution in [-0.2, 0) is 4.79 Å². The number of piperazine rings is 1. The number of anilines is 1. The highest BCUT2D eigenvalue weighted by Crippen LogP contribution is 2.28. The number of amides is 1. The van der Waals surface area contributed by atoms with Gasteiger partial charge in [0.05, 0.1) is 6.54 Å². The molecule has 2 N–H and O–H groups in total. The van der Waals surface area contributed by atoms with Crippen molar-refractivity contribution in [1.29, 1.82) is 0 Å². The smallest absolute Gasteiger partial charge is 0.239 e. The van der Waals surface area contributed by atoms with Crippen LogP contribution in [0.4, 0.5) is 5.82 Å². The van der Waals surface area contributed by atoms with Gasteiger partial charge in [0.2, 0.25) is 5.91 Å². The molecule has 0 saturated carbocycles. The van der Waals surface area contributed by atoms with Crippen LogP contribution in [0.25, 0.3) is 0 Å². The average Bonchev–Trinajstić information content (AvgIpc) is 2.93. The second kappa shape index (κ2) is 8.48. The van der Waals surface area contributed by atoms with Crippen molar-refractivity contribution < 1.29 is 9.32 Å². The molecule has 3 rings (SSSR count). The first-order valence-electron chi connectivity index (χ1n) is 7.56. The highest BCUT2D eigenvalue weighted by Gasteiger charge is 2.27. The van der Waals surface area contributed by atoms with Crippen molar-refractivity contribution in [2.24, 2.45) is 0 Å². The summed E-state index contributed by atoms with van der Waals surface area (Å²) in [6.07, 6.45) is 0. The summed E-state index contributed by atoms with van der Waals surface area (Å²) in [5.74, 6) is 0.991. The molecule has 0 bridgehead atoms. The number of rotatable bonds is 4. The van der Waals surface area contributed by atoms with Gasteiger partial charge in [0, 0.05) is 36.8 Å². The van der Waals surface area contributed by atoms with Gasteiger partial charge < -0.3 is 15.2 Å². The van der Waals surface area contributed by atoms with Gasteiger partial charge in [0.1, 0.15) is 5.76 Å². The number of halogens is 2. The third-order valence-electron chi connectivity index (χ3n) is 3.86. The minimum Gasteiger partial charge on any atom is -0.360 e. The molecule has 2 heterocycles. The Kier molecular flexibility index (Phi) is 6.62. The third kappa shape index (κ3) is 4.48. The molecular formula is C16H20Cl2N4O2. The molecule has 1 amide bonds. The largest absolute Gasteiger partial charge is 0.360 e. The fourth-order valence-electron chi connectivity index (χ4n) is 2.78. The first-order chi connectivity index (χ1) is 11.1. The van der Waals surface area contributed by atoms with Gasteiger partial charge >= 0.3 is 0 Å². The Balaban J connectivity index is 0.00000208. The summed E-state index contributed by atoms with van der Waals surface area (Å²) >= 11 is 6.31. The standard InChI is InChI=1S/C16H19ClN4O2.ClH/c1-11-8-15(20-23-11)19-16(22)10-21-7-6-18-9-14(21)12-4-2-3-5-13(12)17;/h2-5,8,14,18H,6-7,9-10H2,1H3,(H,19,20,22);1H. The predicted octanol–water partition coefficient (Wildman–Crippen LogP) is 2.64. The normalized spacial score (nSPS) is 18.0. The molecule has 2 aromatic rings. The van der Waals surface area contributed by atoms with E-state index >= 15 is 0 Å². The van der Waals surface area contributed by atoms with E-state index in [0.29, 0.717) is 11.6 Å². The van der Waals surface area contributed by atoms with E-state index < -0.39 is 0 Å². The molecule has 1 atom stereocenters. The Morgan fingerprint density at radius 3 is 3.00 bits per heavy atom. The molecule has 1 aromatic carbocycles. The van der Waals surface area contributed by atoms with Gasteiger partial charge in [0.15, 0.2) is 5.82 Å². The summed E-state index contributed by atoms with van der Waals surface area (Å²) in [4.78, 5) is 14.4. The Labute approximate surface area is 151 Å². The highest BCUT2D eigenvalue weighted by atomic mass is 35.5. The summed E-state index contributed by atoms with van der Waals surface area (Å²) in [6, 6.07) is 9.52. The van der Waals surface area contributed by atoms with E-state index in [1.165, 1.54) is 0 Å². The van der Waals surface area contributed by atoms with Crippen LogP contribution in [0.2, 0.25) is 5.02 Å². The lowest BCUT2D eigenvalue weighted by molar-refractivity contribution is -0.118. The maximum atomic E-state index is 12.3. The van der Waals surface area contributed by atoms with Crippen LogP contribution in [0.15, 0.2) is 34.9 Å². The lowest BCUT2D eigenvalue weighted by atomic mass is 10.0. The Morgan fingerprint density at radius 2 is 2.29 bits per heavy atom. The van der Waals surface area contributed by atoms with Crippen molar-refractivity contribution in [2.75, 3.05) is 31.5 Å². The molecule has 24 heavy (non-hydrogen) atoms. The fraction of sp³-hybridized carbons (Fsp3) is 0.375. The Bertz CT molecular complexity index is 692. The van der Waals surface area contributed by atoms with E-state index in [4.69, 9.17) is 16.1 Å². The van der Waals surface area contributed by atoms with Crippen LogP contribution in [0, 0.1) is 6.92 Å². The third-order valence-corrected chi connectivity index (χ3v) is 4.20. The number of nitrogens with one attached hydrogen (secondary N) is 2. The lowest BCUT2D eigenvalue weighted by Gasteiger charge is -2.36. The van der Waals surface area contributed by atoms with Crippen molar-refractivity contribution in [3.63, 3.8) is 0 Å². The van der Waals surface area contributed by atoms with E-state index in [2.05, 4.69) is 20.7 Å². The van der Waals surface area contributed by atoms with E-state index in [1.54, 1.807) is 13.0 Å². The molecule has 1 fully saturated rings. The van der Waals surface area contributed by atoms with Crippen LogP contribution in [0.3, 0.4) is 0 Å². The Hall–Kier alpha value is -1.60. The van der Waals surface area contributed by atoms with Crippen LogP contribution < -0.4 is 10.6 Å². The quantitative estimate of drug-likeness (QED) is 0.865. The second-order valence-electron chi connectivity index (χ2n) is 5.58. The molecule has 0 aliphatic carbocycles. The number of benzene rings is 1. The number of aromatic nitrogens is 1. The van der Waals surface area contributed by atoms with E-state index in [0.717, 1.165) is 30.2 Å². The van der Waals surface area contributed by atoms with E-state index in [1.807, 2.05) is 24.3 Å². The summed E-state index contributed by atoms with van der Waals surface area (Å²) < 4.78 is 4.96. The molecule has 1 aromatic heterocycles. The van der Waals surface area contributed by atoms with Gasteiger partial charge in [-0.15, -0.1) is 12.4 Å². The maximum absolute atomic E-state index is 12.3. The zero-order chi connectivity index (χ0) is 16.2. The number of carbonyl (C=O) groups is 1. The van der Waals surface area contributed by atoms with Crippen LogP contribution >= 0.6 is 24.0 Å². The number of hydrogen-bond acceptors (Lipinski definition) is 5. The minimum atomic E-state index is -0.114. The first kappa shape index (κ1) is 18.7. The lowest BCUT2D eigenvalue weighted by Crippen LogP contribution is -2.48. The Morgan fingerprint density at radius 1 is 1.50 bits per heavy atom. The monoisotopic (exact) mass is 370 g/mol. The molecule has 1 aliphatic heterocycles. The average molecular weight is 371 g/mol. The zero-order valence-electron chi connectivity index (χ0n) is 13.3. The summed E-state index contributed by atoms with van der Waals surface area (Å²) in [5, 5.41) is 10.6. The van der Waals surface area contributed by atoms with Crippen molar-refractivity contribution in [3.8, 4) is 0 Å². The topological polar surface area (TPSA) is 70.4 Å². The predicted molar refractivity (Wildman–Crippen MR) is 95.8 cm³/mol. The van der Waals surface area contributed by atoms with Gasteiger partial charge in [-0.3, -0.25) is 9.69 Å². The second-order valence-corrected chi connectivity index (χ2v) is 5.99. The summed E-state index contributed by atoms with van der Waals surface area (Å²) in [7, 11) is 0. The van der Waals surface area contributed by atoms with Crippen LogP contribution in [-0.4, -0.2) is 42.1 Å². The van der Waals surface area contributed by atoms with Crippen LogP contribution in [0.5, 0.6) is 0 Å². The molecule has 130 valence electrons. The molecule has 1 aliphatic rings. The SMILES string of the molecule is Cc1cc(NC(=O)CN2CCNCC2c2ccccc2Cl)no1.Cl. The minimum absolute atomic E-state index is 0. The molecular weight excluding hydrogens is 351 g/mol. The number of aryl methyl sites for hydroxylation is 1. The van der Waals surface area contributed by atoms with Crippen molar-refractivity contribution in [3.05, 3.63) is 46.7 Å².